The third kappa shape index (κ3) is 1.59. The van der Waals surface area contributed by atoms with E-state index in [1.54, 1.807) is 0 Å². The standard InChI is InChI=1S/C12H17NO2/c14-7-10-11(8-3-1-2-4-8)13-15-12(10)9-5-6-9/h8-9,14H,1-7H2. The SMILES string of the molecule is OCc1c(C2CCCC2)noc1C1CC1. The summed E-state index contributed by atoms with van der Waals surface area (Å²) in [6.45, 7) is 0.0984. The van der Waals surface area contributed by atoms with E-state index >= 15 is 0 Å². The lowest BCUT2D eigenvalue weighted by Crippen LogP contribution is -1.99. The monoisotopic (exact) mass is 207 g/mol. The molecule has 0 aromatic carbocycles. The van der Waals surface area contributed by atoms with Crippen molar-refractivity contribution in [2.45, 2.75) is 57.0 Å². The molecule has 0 saturated heterocycles. The third-order valence-corrected chi connectivity index (χ3v) is 3.70. The van der Waals surface area contributed by atoms with Crippen LogP contribution in [0.3, 0.4) is 0 Å². The first-order valence-electron chi connectivity index (χ1n) is 5.99. The van der Waals surface area contributed by atoms with Gasteiger partial charge in [0.1, 0.15) is 5.76 Å². The fourth-order valence-electron chi connectivity index (χ4n) is 2.68. The summed E-state index contributed by atoms with van der Waals surface area (Å²) >= 11 is 0. The third-order valence-electron chi connectivity index (χ3n) is 3.70. The van der Waals surface area contributed by atoms with Gasteiger partial charge in [0.2, 0.25) is 0 Å². The van der Waals surface area contributed by atoms with E-state index in [1.165, 1.54) is 38.5 Å². The zero-order valence-electron chi connectivity index (χ0n) is 8.91. The second-order valence-corrected chi connectivity index (χ2v) is 4.82. The molecule has 0 bridgehead atoms. The molecule has 0 unspecified atom stereocenters. The van der Waals surface area contributed by atoms with E-state index in [-0.39, 0.29) is 6.61 Å². The molecule has 1 heterocycles. The Morgan fingerprint density at radius 3 is 2.47 bits per heavy atom. The predicted molar refractivity (Wildman–Crippen MR) is 55.6 cm³/mol. The first-order valence-corrected chi connectivity index (χ1v) is 5.99. The summed E-state index contributed by atoms with van der Waals surface area (Å²) in [7, 11) is 0. The molecule has 0 atom stereocenters. The Bertz CT molecular complexity index is 349. The smallest absolute Gasteiger partial charge is 0.145 e. The van der Waals surface area contributed by atoms with Crippen LogP contribution in [0.1, 0.15) is 67.4 Å². The van der Waals surface area contributed by atoms with Gasteiger partial charge in [-0.05, 0) is 25.7 Å². The Morgan fingerprint density at radius 2 is 1.87 bits per heavy atom. The molecule has 3 nitrogen and oxygen atoms in total. The normalized spacial score (nSPS) is 22.5. The Morgan fingerprint density at radius 1 is 1.13 bits per heavy atom. The highest BCUT2D eigenvalue weighted by Crippen LogP contribution is 2.45. The first-order chi connectivity index (χ1) is 7.40. The molecule has 0 radical (unpaired) electrons. The number of aromatic nitrogens is 1. The van der Waals surface area contributed by atoms with Crippen molar-refractivity contribution in [1.82, 2.24) is 5.16 Å². The van der Waals surface area contributed by atoms with E-state index < -0.39 is 0 Å². The summed E-state index contributed by atoms with van der Waals surface area (Å²) in [5, 5.41) is 13.6. The number of aliphatic hydroxyl groups is 1. The molecule has 2 aliphatic carbocycles. The van der Waals surface area contributed by atoms with Gasteiger partial charge in [-0.3, -0.25) is 0 Å². The molecule has 0 amide bonds. The minimum Gasteiger partial charge on any atom is -0.391 e. The van der Waals surface area contributed by atoms with Crippen LogP contribution in [-0.2, 0) is 6.61 Å². The van der Waals surface area contributed by atoms with Crippen LogP contribution in [0.5, 0.6) is 0 Å². The lowest BCUT2D eigenvalue weighted by atomic mass is 9.98. The number of hydrogen-bond acceptors (Lipinski definition) is 3. The topological polar surface area (TPSA) is 46.3 Å². The van der Waals surface area contributed by atoms with E-state index in [0.29, 0.717) is 11.8 Å². The van der Waals surface area contributed by atoms with Crippen molar-refractivity contribution in [3.05, 3.63) is 17.0 Å². The zero-order valence-corrected chi connectivity index (χ0v) is 8.91. The molecule has 0 aliphatic heterocycles. The largest absolute Gasteiger partial charge is 0.391 e. The van der Waals surface area contributed by atoms with Crippen molar-refractivity contribution in [1.29, 1.82) is 0 Å². The average molecular weight is 207 g/mol. The highest BCUT2D eigenvalue weighted by atomic mass is 16.5. The van der Waals surface area contributed by atoms with Gasteiger partial charge in [-0.1, -0.05) is 18.0 Å². The molecule has 2 saturated carbocycles. The van der Waals surface area contributed by atoms with Crippen LogP contribution < -0.4 is 0 Å². The van der Waals surface area contributed by atoms with Crippen LogP contribution in [0, 0.1) is 0 Å². The van der Waals surface area contributed by atoms with E-state index in [0.717, 1.165) is 17.0 Å². The van der Waals surface area contributed by atoms with E-state index in [9.17, 15) is 5.11 Å². The van der Waals surface area contributed by atoms with E-state index in [1.807, 2.05) is 0 Å². The van der Waals surface area contributed by atoms with Crippen molar-refractivity contribution in [2.75, 3.05) is 0 Å². The van der Waals surface area contributed by atoms with Crippen LogP contribution in [0.25, 0.3) is 0 Å². The molecule has 1 aromatic heterocycles. The highest BCUT2D eigenvalue weighted by molar-refractivity contribution is 5.30. The predicted octanol–water partition coefficient (Wildman–Crippen LogP) is 2.70. The van der Waals surface area contributed by atoms with Gasteiger partial charge in [-0.25, -0.2) is 0 Å². The maximum atomic E-state index is 9.43. The number of nitrogens with zero attached hydrogens (tertiary/aromatic N) is 1. The first kappa shape index (κ1) is 9.40. The van der Waals surface area contributed by atoms with Crippen molar-refractivity contribution in [2.24, 2.45) is 0 Å². The van der Waals surface area contributed by atoms with Gasteiger partial charge in [0.05, 0.1) is 12.3 Å². The van der Waals surface area contributed by atoms with Crippen LogP contribution >= 0.6 is 0 Å². The lowest BCUT2D eigenvalue weighted by molar-refractivity contribution is 0.276. The Labute approximate surface area is 89.5 Å². The summed E-state index contributed by atoms with van der Waals surface area (Å²) in [4.78, 5) is 0. The molecule has 2 fully saturated rings. The second kappa shape index (κ2) is 3.63. The maximum absolute atomic E-state index is 9.43. The van der Waals surface area contributed by atoms with Crippen molar-refractivity contribution in [3.8, 4) is 0 Å². The van der Waals surface area contributed by atoms with Crippen LogP contribution in [0.2, 0.25) is 0 Å². The minimum absolute atomic E-state index is 0.0984. The molecular weight excluding hydrogens is 190 g/mol. The molecule has 2 aliphatic rings. The van der Waals surface area contributed by atoms with Crippen molar-refractivity contribution < 1.29 is 9.63 Å². The average Bonchev–Trinajstić information content (AvgIpc) is 2.83. The molecule has 1 N–H and O–H groups in total. The van der Waals surface area contributed by atoms with Crippen LogP contribution in [0.15, 0.2) is 4.52 Å². The van der Waals surface area contributed by atoms with Gasteiger partial charge in [0, 0.05) is 17.4 Å². The fraction of sp³-hybridized carbons (Fsp3) is 0.750. The maximum Gasteiger partial charge on any atom is 0.145 e. The van der Waals surface area contributed by atoms with Gasteiger partial charge in [0.15, 0.2) is 0 Å². The molecule has 0 spiro atoms. The van der Waals surface area contributed by atoms with Gasteiger partial charge < -0.3 is 9.63 Å². The van der Waals surface area contributed by atoms with E-state index in [4.69, 9.17) is 4.52 Å². The van der Waals surface area contributed by atoms with E-state index in [2.05, 4.69) is 5.16 Å². The fourth-order valence-corrected chi connectivity index (χ4v) is 2.68. The highest BCUT2D eigenvalue weighted by Gasteiger charge is 2.34. The summed E-state index contributed by atoms with van der Waals surface area (Å²) < 4.78 is 5.41. The van der Waals surface area contributed by atoms with Gasteiger partial charge in [-0.15, -0.1) is 0 Å². The quantitative estimate of drug-likeness (QED) is 0.828. The summed E-state index contributed by atoms with van der Waals surface area (Å²) in [6, 6.07) is 0. The summed E-state index contributed by atoms with van der Waals surface area (Å²) in [6.07, 6.45) is 7.41. The van der Waals surface area contributed by atoms with Crippen LogP contribution in [-0.4, -0.2) is 10.3 Å². The molecule has 15 heavy (non-hydrogen) atoms. The van der Waals surface area contributed by atoms with Gasteiger partial charge in [0.25, 0.3) is 0 Å². The van der Waals surface area contributed by atoms with Gasteiger partial charge >= 0.3 is 0 Å². The Hall–Kier alpha value is -0.830. The Kier molecular flexibility index (Phi) is 2.28. The zero-order chi connectivity index (χ0) is 10.3. The summed E-state index contributed by atoms with van der Waals surface area (Å²) in [5.41, 5.74) is 2.06. The number of aliphatic hydroxyl groups excluding tert-OH is 1. The lowest BCUT2D eigenvalue weighted by Gasteiger charge is -2.06. The second-order valence-electron chi connectivity index (χ2n) is 4.82. The van der Waals surface area contributed by atoms with Crippen LogP contribution in [0.4, 0.5) is 0 Å². The van der Waals surface area contributed by atoms with Gasteiger partial charge in [-0.2, -0.15) is 0 Å². The van der Waals surface area contributed by atoms with Crippen molar-refractivity contribution in [3.63, 3.8) is 0 Å². The molecule has 3 heteroatoms. The molecular formula is C12H17NO2. The van der Waals surface area contributed by atoms with Crippen molar-refractivity contribution >= 4 is 0 Å². The minimum atomic E-state index is 0.0984. The Balaban J connectivity index is 1.92. The number of rotatable bonds is 3. The number of hydrogen-bond donors (Lipinski definition) is 1. The molecule has 82 valence electrons. The molecule has 1 aromatic rings. The molecule has 3 rings (SSSR count). The summed E-state index contributed by atoms with van der Waals surface area (Å²) in [5.74, 6) is 2.07.